The van der Waals surface area contributed by atoms with Gasteiger partial charge in [0.1, 0.15) is 0 Å². The van der Waals surface area contributed by atoms with Crippen LogP contribution in [0.1, 0.15) is 20.8 Å². The zero-order valence-electron chi connectivity index (χ0n) is 27.1. The van der Waals surface area contributed by atoms with Crippen molar-refractivity contribution >= 4 is 57.9 Å². The van der Waals surface area contributed by atoms with Crippen LogP contribution in [-0.4, -0.2) is 16.3 Å². The third-order valence-electron chi connectivity index (χ3n) is 8.59. The van der Waals surface area contributed by atoms with Crippen molar-refractivity contribution in [2.75, 3.05) is 4.90 Å². The van der Waals surface area contributed by atoms with Crippen LogP contribution in [0.3, 0.4) is 0 Å². The van der Waals surface area contributed by atoms with Crippen LogP contribution in [0.25, 0.3) is 56.1 Å². The molecule has 2 heterocycles. The smallest absolute Gasteiger partial charge is 0.160 e. The molecular weight excluding hydrogens is 631 g/mol. The van der Waals surface area contributed by atoms with Gasteiger partial charge in [-0.3, -0.25) is 4.79 Å². The van der Waals surface area contributed by atoms with E-state index >= 15 is 0 Å². The third-order valence-corrected chi connectivity index (χ3v) is 9.64. The van der Waals surface area contributed by atoms with E-state index in [4.69, 9.17) is 9.97 Å². The highest BCUT2D eigenvalue weighted by Gasteiger charge is 2.18. The van der Waals surface area contributed by atoms with Crippen LogP contribution in [0.15, 0.2) is 170 Å². The molecule has 50 heavy (non-hydrogen) atoms. The Hall–Kier alpha value is -6.43. The first-order valence-corrected chi connectivity index (χ1v) is 17.3. The molecule has 0 amide bonds. The van der Waals surface area contributed by atoms with Crippen LogP contribution in [-0.2, 0) is 0 Å². The molecule has 0 aliphatic rings. The molecule has 0 bridgehead atoms. The lowest BCUT2D eigenvalue weighted by Crippen LogP contribution is -2.09. The Morgan fingerprint density at radius 2 is 1.00 bits per heavy atom. The van der Waals surface area contributed by atoms with Crippen molar-refractivity contribution in [3.8, 4) is 33.0 Å². The van der Waals surface area contributed by atoms with Crippen molar-refractivity contribution in [2.45, 2.75) is 0 Å². The van der Waals surface area contributed by atoms with E-state index in [9.17, 15) is 4.79 Å². The van der Waals surface area contributed by atoms with Gasteiger partial charge in [0.05, 0.1) is 27.3 Å². The summed E-state index contributed by atoms with van der Waals surface area (Å²) < 4.78 is 0. The topological polar surface area (TPSA) is 46.1 Å². The molecule has 0 atom stereocenters. The van der Waals surface area contributed by atoms with Gasteiger partial charge in [-0.1, -0.05) is 133 Å². The molecule has 0 aliphatic carbocycles. The van der Waals surface area contributed by atoms with E-state index in [1.807, 2.05) is 60.7 Å². The maximum atomic E-state index is 11.6. The number of anilines is 3. The van der Waals surface area contributed by atoms with Crippen molar-refractivity contribution < 1.29 is 4.79 Å². The van der Waals surface area contributed by atoms with Crippen LogP contribution in [0.4, 0.5) is 17.1 Å². The monoisotopic (exact) mass is 661 g/mol. The maximum Gasteiger partial charge on any atom is 0.160 e. The van der Waals surface area contributed by atoms with Crippen LogP contribution in [0.5, 0.6) is 0 Å². The van der Waals surface area contributed by atoms with E-state index in [0.29, 0.717) is 4.88 Å². The molecule has 4 nitrogen and oxygen atoms in total. The lowest BCUT2D eigenvalue weighted by Gasteiger charge is -2.25. The SMILES string of the molecule is O=Cc1ccc(-c2ccc(/C=C/c3ccc(N(c4ccccc4)c4ccccc4)cc3)c3nc(-c4ccccc4)c(-c4ccccc4)nc23)s1. The number of aromatic nitrogens is 2. The molecule has 238 valence electrons. The van der Waals surface area contributed by atoms with Crippen molar-refractivity contribution in [3.63, 3.8) is 0 Å². The number of nitrogens with zero attached hydrogens (tertiary/aromatic N) is 3. The normalized spacial score (nSPS) is 11.2. The van der Waals surface area contributed by atoms with Gasteiger partial charge in [-0.15, -0.1) is 11.3 Å². The molecule has 8 aromatic rings. The molecule has 2 aromatic heterocycles. The summed E-state index contributed by atoms with van der Waals surface area (Å²) in [7, 11) is 0. The van der Waals surface area contributed by atoms with Crippen molar-refractivity contribution in [3.05, 3.63) is 186 Å². The highest BCUT2D eigenvalue weighted by Crippen LogP contribution is 2.39. The molecular formula is C45H31N3OS. The van der Waals surface area contributed by atoms with E-state index in [1.54, 1.807) is 0 Å². The molecule has 0 fully saturated rings. The number of benzene rings is 6. The second-order valence-corrected chi connectivity index (χ2v) is 12.9. The Kier molecular flexibility index (Phi) is 8.63. The Morgan fingerprint density at radius 3 is 1.54 bits per heavy atom. The Bertz CT molecular complexity index is 2380. The first-order valence-electron chi connectivity index (χ1n) is 16.4. The van der Waals surface area contributed by atoms with Crippen molar-refractivity contribution in [1.82, 2.24) is 9.97 Å². The fraction of sp³-hybridized carbons (Fsp3) is 0. The molecule has 5 heteroatoms. The summed E-state index contributed by atoms with van der Waals surface area (Å²) in [6, 6.07) is 57.9. The van der Waals surface area contributed by atoms with Crippen molar-refractivity contribution in [2.24, 2.45) is 0 Å². The lowest BCUT2D eigenvalue weighted by atomic mass is 10.0. The summed E-state index contributed by atoms with van der Waals surface area (Å²) in [6.45, 7) is 0. The Labute approximate surface area is 295 Å². The Balaban J connectivity index is 1.24. The maximum absolute atomic E-state index is 11.6. The van der Waals surface area contributed by atoms with E-state index < -0.39 is 0 Å². The largest absolute Gasteiger partial charge is 0.311 e. The van der Waals surface area contributed by atoms with E-state index in [-0.39, 0.29) is 0 Å². The second-order valence-electron chi connectivity index (χ2n) is 11.8. The average molecular weight is 662 g/mol. The second kappa shape index (κ2) is 14.0. The molecule has 0 saturated heterocycles. The van der Waals surface area contributed by atoms with Gasteiger partial charge >= 0.3 is 0 Å². The summed E-state index contributed by atoms with van der Waals surface area (Å²) in [5.41, 5.74) is 11.5. The number of fused-ring (bicyclic) bond motifs is 1. The summed E-state index contributed by atoms with van der Waals surface area (Å²) in [5.74, 6) is 0. The Morgan fingerprint density at radius 1 is 0.480 bits per heavy atom. The highest BCUT2D eigenvalue weighted by atomic mass is 32.1. The van der Waals surface area contributed by atoms with Crippen LogP contribution in [0.2, 0.25) is 0 Å². The molecule has 0 N–H and O–H groups in total. The van der Waals surface area contributed by atoms with E-state index in [0.717, 1.165) is 78.5 Å². The summed E-state index contributed by atoms with van der Waals surface area (Å²) in [4.78, 5) is 26.2. The number of carbonyl (C=O) groups excluding carboxylic acids is 1. The predicted molar refractivity (Wildman–Crippen MR) is 209 cm³/mol. The number of thiophene rings is 1. The highest BCUT2D eigenvalue weighted by molar-refractivity contribution is 7.17. The first-order chi connectivity index (χ1) is 24.7. The summed E-state index contributed by atoms with van der Waals surface area (Å²) >= 11 is 1.46. The van der Waals surface area contributed by atoms with Gasteiger partial charge in [-0.05, 0) is 54.1 Å². The quantitative estimate of drug-likeness (QED) is 0.114. The van der Waals surface area contributed by atoms with Gasteiger partial charge in [0.25, 0.3) is 0 Å². The van der Waals surface area contributed by atoms with E-state index in [2.05, 4.69) is 126 Å². The molecule has 0 aliphatic heterocycles. The number of carbonyl (C=O) groups is 1. The number of aldehydes is 1. The molecule has 0 unspecified atom stereocenters. The van der Waals surface area contributed by atoms with E-state index in [1.165, 1.54) is 11.3 Å². The fourth-order valence-electron chi connectivity index (χ4n) is 6.17. The molecule has 0 spiro atoms. The minimum absolute atomic E-state index is 0.677. The zero-order valence-corrected chi connectivity index (χ0v) is 27.9. The number of hydrogen-bond acceptors (Lipinski definition) is 5. The number of para-hydroxylation sites is 2. The molecule has 0 radical (unpaired) electrons. The number of rotatable bonds is 9. The van der Waals surface area contributed by atoms with Gasteiger partial charge in [-0.2, -0.15) is 0 Å². The fourth-order valence-corrected chi connectivity index (χ4v) is 7.02. The van der Waals surface area contributed by atoms with Crippen LogP contribution in [0, 0.1) is 0 Å². The van der Waals surface area contributed by atoms with Gasteiger partial charge < -0.3 is 4.90 Å². The van der Waals surface area contributed by atoms with Crippen LogP contribution >= 0.6 is 11.3 Å². The van der Waals surface area contributed by atoms with Gasteiger partial charge in [0.2, 0.25) is 0 Å². The molecule has 6 aromatic carbocycles. The minimum Gasteiger partial charge on any atom is -0.311 e. The van der Waals surface area contributed by atoms with Gasteiger partial charge in [0.15, 0.2) is 6.29 Å². The first kappa shape index (κ1) is 30.9. The third kappa shape index (κ3) is 6.26. The van der Waals surface area contributed by atoms with Crippen LogP contribution < -0.4 is 4.90 Å². The van der Waals surface area contributed by atoms with Crippen molar-refractivity contribution in [1.29, 1.82) is 0 Å². The van der Waals surface area contributed by atoms with Gasteiger partial charge in [0, 0.05) is 44.2 Å². The standard InChI is InChI=1S/C45H31N3OS/c49-31-39-28-30-41(50-39)40-29-25-35(44-45(40)47-43(34-15-7-2-8-16-34)42(46-44)33-13-5-1-6-14-33)24-21-32-22-26-38(27-23-32)48(36-17-9-3-10-18-36)37-19-11-4-12-20-37/h1-31H/b24-21+. The average Bonchev–Trinajstić information content (AvgIpc) is 3.68. The molecule has 0 saturated carbocycles. The minimum atomic E-state index is 0.677. The van der Waals surface area contributed by atoms with Gasteiger partial charge in [-0.25, -0.2) is 9.97 Å². The number of hydrogen-bond donors (Lipinski definition) is 0. The summed E-state index contributed by atoms with van der Waals surface area (Å²) in [6.07, 6.45) is 5.13. The summed E-state index contributed by atoms with van der Waals surface area (Å²) in [5, 5.41) is 0. The predicted octanol–water partition coefficient (Wildman–Crippen LogP) is 12.1. The zero-order chi connectivity index (χ0) is 33.7. The molecule has 8 rings (SSSR count). The lowest BCUT2D eigenvalue weighted by molar-refractivity contribution is 0.112.